The van der Waals surface area contributed by atoms with Gasteiger partial charge in [-0.1, -0.05) is 54.9 Å². The molecule has 0 aliphatic carbocycles. The van der Waals surface area contributed by atoms with E-state index in [-0.39, 0.29) is 0 Å². The average molecular weight is 290 g/mol. The summed E-state index contributed by atoms with van der Waals surface area (Å²) in [6.45, 7) is 4.49. The maximum absolute atomic E-state index is 6.14. The number of para-hydroxylation sites is 1. The zero-order valence-corrected chi connectivity index (χ0v) is 12.5. The number of ether oxygens (including phenoxy) is 1. The van der Waals surface area contributed by atoms with E-state index in [9.17, 15) is 0 Å². The van der Waals surface area contributed by atoms with Crippen LogP contribution in [0.15, 0.2) is 48.5 Å². The molecule has 2 rings (SSSR count). The molecule has 0 aliphatic rings. The van der Waals surface area contributed by atoms with Crippen molar-refractivity contribution in [2.24, 2.45) is 0 Å². The Hall–Kier alpha value is -1.51. The Kier molecular flexibility index (Phi) is 5.90. The fraction of sp³-hybridized carbons (Fsp3) is 0.294. The third-order valence-electron chi connectivity index (χ3n) is 3.06. The van der Waals surface area contributed by atoms with E-state index in [0.717, 1.165) is 35.8 Å². The molecule has 2 aromatic rings. The topological polar surface area (TPSA) is 21.3 Å². The van der Waals surface area contributed by atoms with Crippen molar-refractivity contribution in [1.82, 2.24) is 5.32 Å². The van der Waals surface area contributed by atoms with Crippen molar-refractivity contribution in [2.75, 3.05) is 6.54 Å². The van der Waals surface area contributed by atoms with Gasteiger partial charge in [-0.25, -0.2) is 0 Å². The molecule has 0 amide bonds. The van der Waals surface area contributed by atoms with Crippen molar-refractivity contribution >= 4 is 11.6 Å². The molecule has 0 radical (unpaired) electrons. The Morgan fingerprint density at radius 2 is 1.70 bits per heavy atom. The quantitative estimate of drug-likeness (QED) is 0.762. The van der Waals surface area contributed by atoms with Crippen LogP contribution in [0.4, 0.5) is 0 Å². The molecule has 2 aromatic carbocycles. The van der Waals surface area contributed by atoms with Crippen LogP contribution in [0.5, 0.6) is 5.75 Å². The van der Waals surface area contributed by atoms with Crippen molar-refractivity contribution in [1.29, 1.82) is 0 Å². The van der Waals surface area contributed by atoms with E-state index in [0.29, 0.717) is 6.61 Å². The molecule has 0 heterocycles. The molecule has 0 bridgehead atoms. The number of halogens is 1. The fourth-order valence-electron chi connectivity index (χ4n) is 1.96. The number of hydrogen-bond donors (Lipinski definition) is 1. The second-order valence-electron chi connectivity index (χ2n) is 4.66. The molecule has 0 fully saturated rings. The standard InChI is InChI=1S/C17H20ClNO/c1-2-11-19-12-14-7-4-6-10-17(14)20-13-15-8-3-5-9-16(15)18/h3-10,19H,2,11-13H2,1H3. The predicted molar refractivity (Wildman–Crippen MR) is 84.2 cm³/mol. The van der Waals surface area contributed by atoms with E-state index in [1.165, 1.54) is 5.56 Å². The van der Waals surface area contributed by atoms with Crippen molar-refractivity contribution < 1.29 is 4.74 Å². The lowest BCUT2D eigenvalue weighted by atomic mass is 10.2. The lowest BCUT2D eigenvalue weighted by Crippen LogP contribution is -2.14. The van der Waals surface area contributed by atoms with Gasteiger partial charge >= 0.3 is 0 Å². The predicted octanol–water partition coefficient (Wildman–Crippen LogP) is 4.42. The van der Waals surface area contributed by atoms with Crippen molar-refractivity contribution in [3.63, 3.8) is 0 Å². The maximum Gasteiger partial charge on any atom is 0.124 e. The van der Waals surface area contributed by atoms with E-state index in [2.05, 4.69) is 18.3 Å². The smallest absolute Gasteiger partial charge is 0.124 e. The van der Waals surface area contributed by atoms with Crippen molar-refractivity contribution in [3.8, 4) is 5.75 Å². The van der Waals surface area contributed by atoms with Gasteiger partial charge in [0.2, 0.25) is 0 Å². The molecule has 2 nitrogen and oxygen atoms in total. The number of hydrogen-bond acceptors (Lipinski definition) is 2. The molecule has 1 N–H and O–H groups in total. The summed E-state index contributed by atoms with van der Waals surface area (Å²) in [5, 5.41) is 4.14. The molecule has 0 atom stereocenters. The molecule has 106 valence electrons. The summed E-state index contributed by atoms with van der Waals surface area (Å²) in [5.74, 6) is 0.913. The number of rotatable bonds is 7. The second-order valence-corrected chi connectivity index (χ2v) is 5.07. The fourth-order valence-corrected chi connectivity index (χ4v) is 2.15. The lowest BCUT2D eigenvalue weighted by molar-refractivity contribution is 0.302. The summed E-state index contributed by atoms with van der Waals surface area (Å²) in [5.41, 5.74) is 2.18. The van der Waals surface area contributed by atoms with Gasteiger partial charge in [0, 0.05) is 22.7 Å². The Balaban J connectivity index is 2.00. The normalized spacial score (nSPS) is 10.5. The third-order valence-corrected chi connectivity index (χ3v) is 3.42. The molecular formula is C17H20ClNO. The second kappa shape index (κ2) is 7.93. The van der Waals surface area contributed by atoms with Crippen LogP contribution >= 0.6 is 11.6 Å². The number of benzene rings is 2. The van der Waals surface area contributed by atoms with E-state index in [1.807, 2.05) is 42.5 Å². The maximum atomic E-state index is 6.14. The zero-order chi connectivity index (χ0) is 14.2. The van der Waals surface area contributed by atoms with E-state index >= 15 is 0 Å². The first kappa shape index (κ1) is 14.9. The van der Waals surface area contributed by atoms with Gasteiger partial charge in [0.05, 0.1) is 0 Å². The van der Waals surface area contributed by atoms with Gasteiger partial charge in [0.25, 0.3) is 0 Å². The first-order chi connectivity index (χ1) is 9.81. The number of nitrogens with one attached hydrogen (secondary N) is 1. The van der Waals surface area contributed by atoms with Crippen LogP contribution in [0.1, 0.15) is 24.5 Å². The Bertz CT molecular complexity index is 542. The molecule has 0 aliphatic heterocycles. The van der Waals surface area contributed by atoms with Gasteiger partial charge in [0.15, 0.2) is 0 Å². The van der Waals surface area contributed by atoms with E-state index in [4.69, 9.17) is 16.3 Å². The molecule has 20 heavy (non-hydrogen) atoms. The largest absolute Gasteiger partial charge is 0.489 e. The van der Waals surface area contributed by atoms with Gasteiger partial charge in [-0.05, 0) is 25.1 Å². The summed E-state index contributed by atoms with van der Waals surface area (Å²) >= 11 is 6.14. The third kappa shape index (κ3) is 4.26. The SMILES string of the molecule is CCCNCc1ccccc1OCc1ccccc1Cl. The van der Waals surface area contributed by atoms with Gasteiger partial charge in [0.1, 0.15) is 12.4 Å². The van der Waals surface area contributed by atoms with Crippen LogP contribution in [0.25, 0.3) is 0 Å². The Morgan fingerprint density at radius 3 is 2.45 bits per heavy atom. The summed E-state index contributed by atoms with van der Waals surface area (Å²) in [6, 6.07) is 15.9. The highest BCUT2D eigenvalue weighted by Crippen LogP contribution is 2.21. The van der Waals surface area contributed by atoms with Gasteiger partial charge < -0.3 is 10.1 Å². The van der Waals surface area contributed by atoms with Crippen LogP contribution < -0.4 is 10.1 Å². The van der Waals surface area contributed by atoms with Crippen molar-refractivity contribution in [2.45, 2.75) is 26.5 Å². The van der Waals surface area contributed by atoms with Crippen LogP contribution in [0.2, 0.25) is 5.02 Å². The summed E-state index contributed by atoms with van der Waals surface area (Å²) in [4.78, 5) is 0. The molecule has 0 aromatic heterocycles. The first-order valence-electron chi connectivity index (χ1n) is 6.96. The lowest BCUT2D eigenvalue weighted by Gasteiger charge is -2.12. The summed E-state index contributed by atoms with van der Waals surface area (Å²) in [6.07, 6.45) is 1.13. The van der Waals surface area contributed by atoms with E-state index < -0.39 is 0 Å². The monoisotopic (exact) mass is 289 g/mol. The molecule has 0 unspecified atom stereocenters. The summed E-state index contributed by atoms with van der Waals surface area (Å²) < 4.78 is 5.91. The highest BCUT2D eigenvalue weighted by molar-refractivity contribution is 6.31. The summed E-state index contributed by atoms with van der Waals surface area (Å²) in [7, 11) is 0. The Morgan fingerprint density at radius 1 is 1.00 bits per heavy atom. The highest BCUT2D eigenvalue weighted by Gasteiger charge is 2.04. The molecule has 3 heteroatoms. The highest BCUT2D eigenvalue weighted by atomic mass is 35.5. The van der Waals surface area contributed by atoms with Crippen LogP contribution in [-0.4, -0.2) is 6.54 Å². The van der Waals surface area contributed by atoms with Gasteiger partial charge in [-0.2, -0.15) is 0 Å². The molecule has 0 saturated heterocycles. The molecule has 0 spiro atoms. The van der Waals surface area contributed by atoms with E-state index in [1.54, 1.807) is 0 Å². The van der Waals surface area contributed by atoms with Crippen LogP contribution in [0, 0.1) is 0 Å². The van der Waals surface area contributed by atoms with Crippen molar-refractivity contribution in [3.05, 3.63) is 64.7 Å². The molecule has 0 saturated carbocycles. The van der Waals surface area contributed by atoms with Crippen LogP contribution in [0.3, 0.4) is 0 Å². The minimum atomic E-state index is 0.491. The minimum Gasteiger partial charge on any atom is -0.489 e. The molecular weight excluding hydrogens is 270 g/mol. The minimum absolute atomic E-state index is 0.491. The van der Waals surface area contributed by atoms with Gasteiger partial charge in [-0.3, -0.25) is 0 Å². The Labute approximate surface area is 125 Å². The van der Waals surface area contributed by atoms with Gasteiger partial charge in [-0.15, -0.1) is 0 Å². The zero-order valence-electron chi connectivity index (χ0n) is 11.7. The van der Waals surface area contributed by atoms with Crippen LogP contribution in [-0.2, 0) is 13.2 Å². The average Bonchev–Trinajstić information content (AvgIpc) is 2.48. The first-order valence-corrected chi connectivity index (χ1v) is 7.34.